The summed E-state index contributed by atoms with van der Waals surface area (Å²) in [5.74, 6) is -0.968. The molecule has 0 unspecified atom stereocenters. The minimum atomic E-state index is -3.70. The zero-order valence-corrected chi connectivity index (χ0v) is 15.7. The van der Waals surface area contributed by atoms with Crippen molar-refractivity contribution in [1.82, 2.24) is 4.72 Å². The van der Waals surface area contributed by atoms with Gasteiger partial charge in [-0.25, -0.2) is 13.1 Å². The molecular weight excluding hydrogens is 370 g/mol. The molecule has 0 aliphatic carbocycles. The number of nitrogens with one attached hydrogen (secondary N) is 2. The summed E-state index contributed by atoms with van der Waals surface area (Å²) in [6.07, 6.45) is 0. The van der Waals surface area contributed by atoms with E-state index in [4.69, 9.17) is 10.5 Å². The quantitative estimate of drug-likeness (QED) is 0.626. The maximum absolute atomic E-state index is 12.3. The molecule has 4 N–H and O–H groups in total. The number of nitrogens with two attached hydrogens (primary N) is 1. The van der Waals surface area contributed by atoms with Crippen molar-refractivity contribution in [2.24, 2.45) is 5.73 Å². The van der Waals surface area contributed by atoms with Crippen LogP contribution in [0.3, 0.4) is 0 Å². The van der Waals surface area contributed by atoms with Crippen molar-refractivity contribution in [3.8, 4) is 0 Å². The van der Waals surface area contributed by atoms with E-state index in [2.05, 4.69) is 10.0 Å². The monoisotopic (exact) mass is 391 g/mol. The average molecular weight is 391 g/mol. The highest BCUT2D eigenvalue weighted by Gasteiger charge is 2.18. The topological polar surface area (TPSA) is 128 Å². The second kappa shape index (κ2) is 8.76. The predicted octanol–water partition coefficient (Wildman–Crippen LogP) is 1.35. The number of benzene rings is 2. The van der Waals surface area contributed by atoms with Gasteiger partial charge < -0.3 is 15.8 Å². The van der Waals surface area contributed by atoms with E-state index in [0.29, 0.717) is 11.3 Å². The Morgan fingerprint density at radius 2 is 1.59 bits per heavy atom. The Hall–Kier alpha value is -2.75. The minimum absolute atomic E-state index is 0.0489. The first-order valence-electron chi connectivity index (χ1n) is 8.05. The second-order valence-electron chi connectivity index (χ2n) is 5.90. The summed E-state index contributed by atoms with van der Waals surface area (Å²) >= 11 is 0. The molecule has 0 saturated heterocycles. The molecule has 2 amide bonds. The summed E-state index contributed by atoms with van der Waals surface area (Å²) < 4.78 is 31.9. The van der Waals surface area contributed by atoms with E-state index < -0.39 is 21.8 Å². The molecule has 0 saturated carbocycles. The summed E-state index contributed by atoms with van der Waals surface area (Å²) in [6, 6.07) is 11.3. The number of carbonyl (C=O) groups is 2. The van der Waals surface area contributed by atoms with Crippen LogP contribution in [0.5, 0.6) is 0 Å². The van der Waals surface area contributed by atoms with Gasteiger partial charge >= 0.3 is 0 Å². The van der Waals surface area contributed by atoms with Crippen molar-refractivity contribution >= 4 is 27.5 Å². The first kappa shape index (κ1) is 20.6. The molecule has 0 heterocycles. The van der Waals surface area contributed by atoms with Crippen LogP contribution >= 0.6 is 0 Å². The number of rotatable bonds is 8. The van der Waals surface area contributed by atoms with E-state index in [1.807, 2.05) is 0 Å². The van der Waals surface area contributed by atoms with Gasteiger partial charge in [-0.15, -0.1) is 0 Å². The van der Waals surface area contributed by atoms with Crippen LogP contribution in [0.1, 0.15) is 27.6 Å². The van der Waals surface area contributed by atoms with Crippen molar-refractivity contribution in [1.29, 1.82) is 0 Å². The largest absolute Gasteiger partial charge is 0.383 e. The van der Waals surface area contributed by atoms with E-state index in [9.17, 15) is 18.0 Å². The summed E-state index contributed by atoms with van der Waals surface area (Å²) in [6.45, 7) is 1.93. The van der Waals surface area contributed by atoms with E-state index in [-0.39, 0.29) is 23.1 Å². The lowest BCUT2D eigenvalue weighted by Crippen LogP contribution is -2.35. The number of ether oxygens (including phenoxy) is 1. The number of hydrogen-bond donors (Lipinski definition) is 3. The number of primary amides is 1. The highest BCUT2D eigenvalue weighted by molar-refractivity contribution is 7.89. The molecule has 0 aliphatic rings. The summed E-state index contributed by atoms with van der Waals surface area (Å²) in [7, 11) is -2.22. The van der Waals surface area contributed by atoms with Crippen molar-refractivity contribution in [3.63, 3.8) is 0 Å². The van der Waals surface area contributed by atoms with Crippen molar-refractivity contribution in [3.05, 3.63) is 59.7 Å². The van der Waals surface area contributed by atoms with E-state index in [1.54, 1.807) is 19.1 Å². The lowest BCUT2D eigenvalue weighted by Gasteiger charge is -2.13. The first-order valence-corrected chi connectivity index (χ1v) is 9.54. The molecule has 8 nitrogen and oxygen atoms in total. The van der Waals surface area contributed by atoms with E-state index in [1.165, 1.54) is 43.5 Å². The van der Waals surface area contributed by atoms with Gasteiger partial charge in [0.05, 0.1) is 11.5 Å². The number of hydrogen-bond acceptors (Lipinski definition) is 5. The Kier molecular flexibility index (Phi) is 6.67. The predicted molar refractivity (Wildman–Crippen MR) is 101 cm³/mol. The Bertz CT molecular complexity index is 909. The molecule has 1 atom stereocenters. The highest BCUT2D eigenvalue weighted by Crippen LogP contribution is 2.14. The maximum atomic E-state index is 12.3. The second-order valence-corrected chi connectivity index (χ2v) is 7.61. The molecule has 144 valence electrons. The zero-order valence-electron chi connectivity index (χ0n) is 14.9. The van der Waals surface area contributed by atoms with Crippen LogP contribution < -0.4 is 15.8 Å². The highest BCUT2D eigenvalue weighted by atomic mass is 32.2. The minimum Gasteiger partial charge on any atom is -0.383 e. The fourth-order valence-electron chi connectivity index (χ4n) is 2.32. The molecular formula is C18H21N3O5S. The molecule has 0 fully saturated rings. The van der Waals surface area contributed by atoms with Gasteiger partial charge in [0.1, 0.15) is 0 Å². The Morgan fingerprint density at radius 1 is 1.04 bits per heavy atom. The first-order chi connectivity index (χ1) is 12.7. The Labute approximate surface area is 157 Å². The van der Waals surface area contributed by atoms with Gasteiger partial charge in [-0.3, -0.25) is 9.59 Å². The van der Waals surface area contributed by atoms with Crippen molar-refractivity contribution < 1.29 is 22.7 Å². The lowest BCUT2D eigenvalue weighted by atomic mass is 10.2. The molecule has 0 aliphatic heterocycles. The van der Waals surface area contributed by atoms with Gasteiger partial charge in [-0.2, -0.15) is 0 Å². The summed E-state index contributed by atoms with van der Waals surface area (Å²) in [5.41, 5.74) is 6.27. The molecule has 2 aromatic carbocycles. The van der Waals surface area contributed by atoms with Gasteiger partial charge in [-0.05, 0) is 55.5 Å². The fraction of sp³-hybridized carbons (Fsp3) is 0.222. The van der Waals surface area contributed by atoms with E-state index in [0.717, 1.165) is 0 Å². The Morgan fingerprint density at radius 3 is 2.11 bits per heavy atom. The summed E-state index contributed by atoms with van der Waals surface area (Å²) in [4.78, 5) is 23.4. The van der Waals surface area contributed by atoms with Crippen LogP contribution in [0.2, 0.25) is 0 Å². The molecule has 0 radical (unpaired) electrons. The molecule has 0 bridgehead atoms. The average Bonchev–Trinajstić information content (AvgIpc) is 2.62. The Balaban J connectivity index is 2.07. The van der Waals surface area contributed by atoms with E-state index >= 15 is 0 Å². The number of methoxy groups -OCH3 is 1. The molecule has 27 heavy (non-hydrogen) atoms. The van der Waals surface area contributed by atoms with Crippen LogP contribution in [-0.4, -0.2) is 40.0 Å². The third-order valence-corrected chi connectivity index (χ3v) is 5.23. The van der Waals surface area contributed by atoms with Crippen LogP contribution in [0, 0.1) is 0 Å². The van der Waals surface area contributed by atoms with Crippen LogP contribution in [-0.2, 0) is 14.8 Å². The maximum Gasteiger partial charge on any atom is 0.255 e. The van der Waals surface area contributed by atoms with Gasteiger partial charge in [0.25, 0.3) is 5.91 Å². The fourth-order valence-corrected chi connectivity index (χ4v) is 3.55. The standard InChI is InChI=1S/C18H21N3O5S/c1-12(11-26-2)21-27(24,25)16-9-5-14(6-10-16)18(23)20-15-7-3-13(4-8-15)17(19)22/h3-10,12,21H,11H2,1-2H3,(H2,19,22)(H,20,23)/t12-/m1/s1. The number of amides is 2. The smallest absolute Gasteiger partial charge is 0.255 e. The molecule has 2 aromatic rings. The van der Waals surface area contributed by atoms with Crippen LogP contribution in [0.4, 0.5) is 5.69 Å². The summed E-state index contributed by atoms with van der Waals surface area (Å²) in [5, 5.41) is 2.66. The van der Waals surface area contributed by atoms with Crippen LogP contribution in [0.15, 0.2) is 53.4 Å². The number of sulfonamides is 1. The number of carbonyl (C=O) groups excluding carboxylic acids is 2. The van der Waals surface area contributed by atoms with Crippen molar-refractivity contribution in [2.75, 3.05) is 19.0 Å². The zero-order chi connectivity index (χ0) is 20.0. The van der Waals surface area contributed by atoms with Gasteiger partial charge in [-0.1, -0.05) is 0 Å². The molecule has 2 rings (SSSR count). The SMILES string of the molecule is COC[C@@H](C)NS(=O)(=O)c1ccc(C(=O)Nc2ccc(C(N)=O)cc2)cc1. The molecule has 9 heteroatoms. The molecule has 0 aromatic heterocycles. The van der Waals surface area contributed by atoms with Crippen molar-refractivity contribution in [2.45, 2.75) is 17.9 Å². The molecule has 0 spiro atoms. The van der Waals surface area contributed by atoms with Gasteiger partial charge in [0, 0.05) is 30.0 Å². The number of anilines is 1. The van der Waals surface area contributed by atoms with Gasteiger partial charge in [0.2, 0.25) is 15.9 Å². The lowest BCUT2D eigenvalue weighted by molar-refractivity contribution is 0.0998. The normalized spacial score (nSPS) is 12.4. The third-order valence-electron chi connectivity index (χ3n) is 3.63. The van der Waals surface area contributed by atoms with Gasteiger partial charge in [0.15, 0.2) is 0 Å². The van der Waals surface area contributed by atoms with Crippen LogP contribution in [0.25, 0.3) is 0 Å². The third kappa shape index (κ3) is 5.61.